The van der Waals surface area contributed by atoms with Gasteiger partial charge in [-0.3, -0.25) is 9.59 Å². The average Bonchev–Trinajstić information content (AvgIpc) is 3.75. The number of amides is 2. The average molecular weight is 1150 g/mol. The Balaban J connectivity index is 2.56. The molecule has 0 saturated carbocycles. The molecule has 2 rings (SSSR count). The van der Waals surface area contributed by atoms with Gasteiger partial charge in [-0.25, -0.2) is 9.69 Å². The fourth-order valence-corrected chi connectivity index (χ4v) is 20.5. The van der Waals surface area contributed by atoms with Crippen molar-refractivity contribution in [3.8, 4) is 0 Å². The van der Waals surface area contributed by atoms with Crippen LogP contribution in [0.25, 0.3) is 0 Å². The largest absolute Gasteiger partial charge is 0.512 e. The molecule has 8 atom stereocenters. The van der Waals surface area contributed by atoms with Gasteiger partial charge in [0.25, 0.3) is 5.91 Å². The number of aliphatic hydroxyl groups is 1. The molecule has 18 heteroatoms. The number of hydrogen-bond donors (Lipinski definition) is 1. The lowest BCUT2D eigenvalue weighted by molar-refractivity contribution is -0.167. The van der Waals surface area contributed by atoms with Crippen molar-refractivity contribution in [2.45, 2.75) is 238 Å². The van der Waals surface area contributed by atoms with Crippen LogP contribution in [0.3, 0.4) is 0 Å². The van der Waals surface area contributed by atoms with Crippen molar-refractivity contribution >= 4 is 42.7 Å². The van der Waals surface area contributed by atoms with Crippen LogP contribution >= 0.6 is 0 Å². The fraction of sp³-hybridized carbons (Fsp3) is 0.783. The molecule has 2 amide bonds. The van der Waals surface area contributed by atoms with E-state index in [2.05, 4.69) is 115 Å². The van der Waals surface area contributed by atoms with Crippen molar-refractivity contribution in [3.63, 3.8) is 0 Å². The number of carbonyl (C=O) groups is 3. The predicted molar refractivity (Wildman–Crippen MR) is 319 cm³/mol. The van der Waals surface area contributed by atoms with Gasteiger partial charge in [0.15, 0.2) is 36.8 Å². The number of ether oxygens (including phenoxy) is 7. The second-order valence-electron chi connectivity index (χ2n) is 24.5. The van der Waals surface area contributed by atoms with E-state index in [9.17, 15) is 19.5 Å². The minimum absolute atomic E-state index is 0.0263. The van der Waals surface area contributed by atoms with E-state index in [4.69, 9.17) is 46.4 Å². The third-order valence-electron chi connectivity index (χ3n) is 17.1. The molecule has 1 aliphatic rings. The maximum absolute atomic E-state index is 14.5. The van der Waals surface area contributed by atoms with E-state index in [0.717, 1.165) is 35.0 Å². The van der Waals surface area contributed by atoms with Gasteiger partial charge in [0.1, 0.15) is 26.0 Å². The maximum Gasteiger partial charge on any atom is 0.417 e. The van der Waals surface area contributed by atoms with Crippen LogP contribution in [0.2, 0.25) is 52.9 Å². The quantitative estimate of drug-likeness (QED) is 0.0217. The van der Waals surface area contributed by atoms with Crippen LogP contribution in [0.5, 0.6) is 0 Å². The number of allylic oxidation sites excluding steroid dienone is 1. The van der Waals surface area contributed by atoms with Gasteiger partial charge < -0.3 is 51.5 Å². The van der Waals surface area contributed by atoms with E-state index < -0.39 is 72.8 Å². The van der Waals surface area contributed by atoms with Gasteiger partial charge in [-0.15, -0.1) is 0 Å². The van der Waals surface area contributed by atoms with E-state index >= 15 is 0 Å². The molecule has 1 aromatic carbocycles. The van der Waals surface area contributed by atoms with Gasteiger partial charge >= 0.3 is 6.09 Å². The summed E-state index contributed by atoms with van der Waals surface area (Å²) < 4.78 is 62.2. The van der Waals surface area contributed by atoms with Gasteiger partial charge in [0.05, 0.1) is 36.6 Å². The van der Waals surface area contributed by atoms with Crippen molar-refractivity contribution in [1.29, 1.82) is 0 Å². The normalized spacial score (nSPS) is 18.2. The number of ketones is 1. The first-order valence-electron chi connectivity index (χ1n) is 29.0. The minimum atomic E-state index is -2.41. The van der Waals surface area contributed by atoms with Crippen molar-refractivity contribution in [2.24, 2.45) is 11.3 Å². The fourth-order valence-electron chi connectivity index (χ4n) is 10.9. The maximum atomic E-state index is 14.5. The molecule has 15 nitrogen and oxygen atoms in total. The number of methoxy groups -OCH3 is 4. The molecule has 0 radical (unpaired) electrons. The standard InChI is InChI=1S/C60H109NO14Si3/c1-22-46(39-73-78(43(5)6,44(7)8)45(9)10)31-32-50(74-76(20,21)59(11,12)13)36-51(68-18)38-55(71-41-66-16)60(14,15)54(63)35-49(62)34-52(75-77(23-2,24-3)25-4)37-53(69-19)56(72-42-67-17)57(64)61-48(40-70-58(61)65)33-47-29-27-26-28-30-47/h26-32,35,43-46,48,50-53,55-56,63H,22-25,33-34,36-42H2,1-21H3/b32-31?,54-35-/t46-,48+,50-,51-,52-,53-,55+,56+/m1/s1. The highest BCUT2D eigenvalue weighted by Gasteiger charge is 2.47. The second kappa shape index (κ2) is 33.5. The molecule has 0 spiro atoms. The third-order valence-corrected chi connectivity index (χ3v) is 32.4. The smallest absolute Gasteiger partial charge is 0.417 e. The van der Waals surface area contributed by atoms with Crippen LogP contribution in [-0.2, 0) is 62.4 Å². The first-order chi connectivity index (χ1) is 36.5. The summed E-state index contributed by atoms with van der Waals surface area (Å²) in [6.45, 7) is 37.7. The van der Waals surface area contributed by atoms with Gasteiger partial charge in [-0.05, 0) is 77.2 Å². The number of rotatable bonds is 39. The summed E-state index contributed by atoms with van der Waals surface area (Å²) in [5, 5.41) is 12.1. The van der Waals surface area contributed by atoms with E-state index in [1.165, 1.54) is 20.3 Å². The lowest BCUT2D eigenvalue weighted by atomic mass is 9.80. The van der Waals surface area contributed by atoms with Crippen molar-refractivity contribution in [2.75, 3.05) is 55.2 Å². The number of cyclic esters (lactones) is 1. The third kappa shape index (κ3) is 20.4. The van der Waals surface area contributed by atoms with Crippen molar-refractivity contribution in [3.05, 3.63) is 59.9 Å². The number of nitrogens with zero attached hydrogens (tertiary/aromatic N) is 1. The molecule has 1 heterocycles. The number of aliphatic hydroxyl groups excluding tert-OH is 1. The first kappa shape index (κ1) is 71.5. The van der Waals surface area contributed by atoms with E-state index in [-0.39, 0.29) is 67.7 Å². The Bertz CT molecular complexity index is 1940. The van der Waals surface area contributed by atoms with Crippen LogP contribution in [0, 0.1) is 11.3 Å². The predicted octanol–water partition coefficient (Wildman–Crippen LogP) is 13.7. The topological polar surface area (TPSA) is 167 Å². The number of imide groups is 1. The molecule has 1 saturated heterocycles. The summed E-state index contributed by atoms with van der Waals surface area (Å²) in [7, 11) is -0.631. The molecule has 0 unspecified atom stereocenters. The second-order valence-corrected chi connectivity index (χ2v) is 39.5. The number of benzene rings is 1. The molecule has 450 valence electrons. The Labute approximate surface area is 475 Å². The molecular weight excluding hydrogens is 1040 g/mol. The zero-order valence-electron chi connectivity index (χ0n) is 52.4. The molecule has 0 aromatic heterocycles. The summed E-state index contributed by atoms with van der Waals surface area (Å²) in [6, 6.07) is 11.4. The summed E-state index contributed by atoms with van der Waals surface area (Å²) in [6.07, 6.45) is 2.74. The van der Waals surface area contributed by atoms with E-state index in [1.54, 1.807) is 14.2 Å². The van der Waals surface area contributed by atoms with Gasteiger partial charge in [0.2, 0.25) is 0 Å². The Morgan fingerprint density at radius 2 is 1.36 bits per heavy atom. The summed E-state index contributed by atoms with van der Waals surface area (Å²) in [5.41, 5.74) is 1.29. The van der Waals surface area contributed by atoms with Crippen molar-refractivity contribution in [1.82, 2.24) is 4.90 Å². The van der Waals surface area contributed by atoms with E-state index in [1.807, 2.05) is 44.2 Å². The molecule has 0 aliphatic carbocycles. The molecule has 1 aliphatic heterocycles. The van der Waals surface area contributed by atoms with E-state index in [0.29, 0.717) is 42.5 Å². The SMILES string of the molecule is CC[C@H](C=C[C@H](C[C@H](C[C@H](OCOC)C(C)(C)/C(O)=C/C(=O)C[C@H](C[C@@H](OC)[C@H](OCOC)C(=O)N1C(=O)OC[C@@H]1Cc1ccccc1)O[Si](CC)(CC)CC)OC)O[Si](C)(C)C(C)(C)C)CO[Si](C(C)C)(C(C)C)C(C)C. The molecule has 0 bridgehead atoms. The Hall–Kier alpha value is -2.60. The molecule has 1 N–H and O–H groups in total. The molecule has 1 aromatic rings. The highest BCUT2D eigenvalue weighted by Crippen LogP contribution is 2.43. The Kier molecular flexibility index (Phi) is 30.7. The van der Waals surface area contributed by atoms with Gasteiger partial charge in [0, 0.05) is 72.2 Å². The number of hydrogen-bond acceptors (Lipinski definition) is 14. The summed E-state index contributed by atoms with van der Waals surface area (Å²) in [4.78, 5) is 43.4. The molecule has 1 fully saturated rings. The molecular formula is C60H109NO14Si3. The first-order valence-corrected chi connectivity index (χ1v) is 36.5. The lowest BCUT2D eigenvalue weighted by Crippen LogP contribution is -2.52. The Morgan fingerprint density at radius 3 is 1.86 bits per heavy atom. The zero-order chi connectivity index (χ0) is 59.2. The summed E-state index contributed by atoms with van der Waals surface area (Å²) in [5.74, 6) is -0.996. The zero-order valence-corrected chi connectivity index (χ0v) is 55.4. The van der Waals surface area contributed by atoms with Crippen LogP contribution in [0.4, 0.5) is 4.79 Å². The van der Waals surface area contributed by atoms with Gasteiger partial charge in [-0.2, -0.15) is 0 Å². The monoisotopic (exact) mass is 1150 g/mol. The van der Waals surface area contributed by atoms with Gasteiger partial charge in [-0.1, -0.05) is 146 Å². The molecule has 78 heavy (non-hydrogen) atoms. The van der Waals surface area contributed by atoms with Crippen LogP contribution in [-0.4, -0.2) is 151 Å². The highest BCUT2D eigenvalue weighted by molar-refractivity contribution is 6.77. The van der Waals surface area contributed by atoms with Crippen molar-refractivity contribution < 1.29 is 65.9 Å². The number of carbonyl (C=O) groups excluding carboxylic acids is 3. The van der Waals surface area contributed by atoms with Crippen LogP contribution in [0.1, 0.15) is 142 Å². The summed E-state index contributed by atoms with van der Waals surface area (Å²) >= 11 is 0. The lowest BCUT2D eigenvalue weighted by Gasteiger charge is -2.43. The van der Waals surface area contributed by atoms with Crippen LogP contribution in [0.15, 0.2) is 54.3 Å². The minimum Gasteiger partial charge on any atom is -0.512 e. The highest BCUT2D eigenvalue weighted by atomic mass is 28.4. The van der Waals surface area contributed by atoms with Crippen LogP contribution < -0.4 is 0 Å². The Morgan fingerprint density at radius 1 is 0.782 bits per heavy atom.